The normalized spacial score (nSPS) is 17.1. The van der Waals surface area contributed by atoms with Crippen LogP contribution in [-0.2, 0) is 9.53 Å². The van der Waals surface area contributed by atoms with Gasteiger partial charge in [-0.05, 0) is 12.2 Å². The van der Waals surface area contributed by atoms with Crippen LogP contribution in [0.25, 0.3) is 0 Å². The predicted octanol–water partition coefficient (Wildman–Crippen LogP) is 1.82. The van der Waals surface area contributed by atoms with Gasteiger partial charge in [0.1, 0.15) is 5.76 Å². The van der Waals surface area contributed by atoms with Gasteiger partial charge in [0.2, 0.25) is 0 Å². The van der Waals surface area contributed by atoms with Crippen LogP contribution in [0.5, 0.6) is 0 Å². The molecule has 0 aromatic rings. The van der Waals surface area contributed by atoms with E-state index in [4.69, 9.17) is 15.3 Å². The van der Waals surface area contributed by atoms with Crippen LogP contribution < -0.4 is 0 Å². The van der Waals surface area contributed by atoms with Gasteiger partial charge in [-0.2, -0.15) is 10.5 Å². The SMILES string of the molecule is CCC(=O)OC1=CC=CC(C#N)(C#N)C1. The van der Waals surface area contributed by atoms with Crippen molar-refractivity contribution in [1.82, 2.24) is 0 Å². The van der Waals surface area contributed by atoms with E-state index in [1.807, 2.05) is 12.1 Å². The second kappa shape index (κ2) is 4.43. The van der Waals surface area contributed by atoms with Crippen molar-refractivity contribution in [3.63, 3.8) is 0 Å². The molecule has 0 aromatic heterocycles. The van der Waals surface area contributed by atoms with Crippen molar-refractivity contribution >= 4 is 5.97 Å². The van der Waals surface area contributed by atoms with E-state index < -0.39 is 5.41 Å². The molecule has 0 radical (unpaired) electrons. The number of allylic oxidation sites excluding steroid dienone is 4. The molecule has 0 N–H and O–H groups in total. The van der Waals surface area contributed by atoms with Crippen LogP contribution in [0.1, 0.15) is 19.8 Å². The van der Waals surface area contributed by atoms with Crippen LogP contribution in [0.2, 0.25) is 0 Å². The van der Waals surface area contributed by atoms with Crippen molar-refractivity contribution < 1.29 is 9.53 Å². The Kier molecular flexibility index (Phi) is 3.25. The van der Waals surface area contributed by atoms with E-state index in [1.54, 1.807) is 19.1 Å². The van der Waals surface area contributed by atoms with Gasteiger partial charge in [0.05, 0.1) is 12.1 Å². The molecule has 0 bridgehead atoms. The molecule has 0 aromatic carbocycles. The molecule has 1 aliphatic carbocycles. The summed E-state index contributed by atoms with van der Waals surface area (Å²) in [6.45, 7) is 1.68. The van der Waals surface area contributed by atoms with Crippen LogP contribution in [-0.4, -0.2) is 5.97 Å². The van der Waals surface area contributed by atoms with Gasteiger partial charge in [-0.25, -0.2) is 0 Å². The predicted molar refractivity (Wildman–Crippen MR) is 51.9 cm³/mol. The molecule has 0 saturated heterocycles. The number of carbonyl (C=O) groups excluding carboxylic acids is 1. The lowest BCUT2D eigenvalue weighted by molar-refractivity contribution is -0.139. The Labute approximate surface area is 88.1 Å². The number of hydrogen-bond donors (Lipinski definition) is 0. The Morgan fingerprint density at radius 1 is 1.60 bits per heavy atom. The maximum atomic E-state index is 11.0. The lowest BCUT2D eigenvalue weighted by atomic mass is 9.84. The Hall–Kier alpha value is -2.07. The lowest BCUT2D eigenvalue weighted by Crippen LogP contribution is -2.18. The Balaban J connectivity index is 2.78. The van der Waals surface area contributed by atoms with E-state index in [9.17, 15) is 4.79 Å². The quantitative estimate of drug-likeness (QED) is 0.640. The highest BCUT2D eigenvalue weighted by Crippen LogP contribution is 2.30. The second-order valence-corrected chi connectivity index (χ2v) is 3.19. The third kappa shape index (κ3) is 2.45. The van der Waals surface area contributed by atoms with Gasteiger partial charge in [0.15, 0.2) is 5.41 Å². The van der Waals surface area contributed by atoms with Gasteiger partial charge in [-0.15, -0.1) is 0 Å². The third-order valence-corrected chi connectivity index (χ3v) is 2.05. The summed E-state index contributed by atoms with van der Waals surface area (Å²) in [6.07, 6.45) is 5.07. The molecule has 0 aliphatic heterocycles. The molecule has 0 spiro atoms. The average molecular weight is 202 g/mol. The summed E-state index contributed by atoms with van der Waals surface area (Å²) in [5.41, 5.74) is -1.20. The summed E-state index contributed by atoms with van der Waals surface area (Å²) < 4.78 is 4.97. The second-order valence-electron chi connectivity index (χ2n) is 3.19. The zero-order valence-electron chi connectivity index (χ0n) is 8.36. The minimum atomic E-state index is -1.20. The number of rotatable bonds is 2. The van der Waals surface area contributed by atoms with Crippen molar-refractivity contribution in [3.05, 3.63) is 24.0 Å². The molecule has 4 nitrogen and oxygen atoms in total. The first-order valence-corrected chi connectivity index (χ1v) is 4.57. The Morgan fingerprint density at radius 2 is 2.27 bits per heavy atom. The number of hydrogen-bond acceptors (Lipinski definition) is 4. The summed E-state index contributed by atoms with van der Waals surface area (Å²) in [6, 6.07) is 3.82. The molecule has 0 atom stereocenters. The molecular weight excluding hydrogens is 192 g/mol. The highest BCUT2D eigenvalue weighted by atomic mass is 16.5. The summed E-state index contributed by atoms with van der Waals surface area (Å²) in [4.78, 5) is 11.0. The van der Waals surface area contributed by atoms with Crippen molar-refractivity contribution in [1.29, 1.82) is 10.5 Å². The molecule has 0 unspecified atom stereocenters. The lowest BCUT2D eigenvalue weighted by Gasteiger charge is -2.18. The van der Waals surface area contributed by atoms with Gasteiger partial charge in [0.25, 0.3) is 0 Å². The molecule has 76 valence electrons. The average Bonchev–Trinajstić information content (AvgIpc) is 2.29. The van der Waals surface area contributed by atoms with Gasteiger partial charge >= 0.3 is 5.97 Å². The molecule has 15 heavy (non-hydrogen) atoms. The summed E-state index contributed by atoms with van der Waals surface area (Å²) >= 11 is 0. The summed E-state index contributed by atoms with van der Waals surface area (Å²) in [5, 5.41) is 17.7. The summed E-state index contributed by atoms with van der Waals surface area (Å²) in [7, 11) is 0. The topological polar surface area (TPSA) is 73.9 Å². The maximum Gasteiger partial charge on any atom is 0.310 e. The monoisotopic (exact) mass is 202 g/mol. The third-order valence-electron chi connectivity index (χ3n) is 2.05. The first-order chi connectivity index (χ1) is 7.15. The molecule has 0 heterocycles. The molecule has 0 saturated carbocycles. The zero-order chi connectivity index (χ0) is 11.3. The Bertz CT molecular complexity index is 393. The molecule has 1 aliphatic rings. The first kappa shape index (κ1) is 11.0. The fourth-order valence-corrected chi connectivity index (χ4v) is 1.18. The minimum absolute atomic E-state index is 0.127. The zero-order valence-corrected chi connectivity index (χ0v) is 8.36. The molecular formula is C11H10N2O2. The van der Waals surface area contributed by atoms with Crippen molar-refractivity contribution in [2.75, 3.05) is 0 Å². The Morgan fingerprint density at radius 3 is 2.80 bits per heavy atom. The summed E-state index contributed by atoms with van der Waals surface area (Å²) in [5.74, 6) is 0.00813. The van der Waals surface area contributed by atoms with Crippen LogP contribution in [0.4, 0.5) is 0 Å². The number of nitriles is 2. The number of carbonyl (C=O) groups is 1. The van der Waals surface area contributed by atoms with Crippen LogP contribution >= 0.6 is 0 Å². The van der Waals surface area contributed by atoms with Crippen molar-refractivity contribution in [2.45, 2.75) is 19.8 Å². The van der Waals surface area contributed by atoms with E-state index in [0.717, 1.165) is 0 Å². The van der Waals surface area contributed by atoms with Gasteiger partial charge in [0, 0.05) is 12.8 Å². The molecule has 0 fully saturated rings. The van der Waals surface area contributed by atoms with Gasteiger partial charge in [-0.1, -0.05) is 13.0 Å². The van der Waals surface area contributed by atoms with E-state index in [2.05, 4.69) is 0 Å². The number of ether oxygens (including phenoxy) is 1. The fraction of sp³-hybridized carbons (Fsp3) is 0.364. The van der Waals surface area contributed by atoms with Gasteiger partial charge < -0.3 is 4.74 Å². The first-order valence-electron chi connectivity index (χ1n) is 4.57. The standard InChI is InChI=1S/C11H10N2O2/c1-2-10(14)15-9-4-3-5-11(6-9,7-12)8-13/h3-5H,2,6H2,1H3. The van der Waals surface area contributed by atoms with E-state index >= 15 is 0 Å². The molecule has 1 rings (SSSR count). The maximum absolute atomic E-state index is 11.0. The van der Waals surface area contributed by atoms with Crippen LogP contribution in [0, 0.1) is 28.1 Å². The fourth-order valence-electron chi connectivity index (χ4n) is 1.18. The van der Waals surface area contributed by atoms with Crippen molar-refractivity contribution in [2.24, 2.45) is 5.41 Å². The molecule has 4 heteroatoms. The van der Waals surface area contributed by atoms with E-state index in [0.29, 0.717) is 5.76 Å². The van der Waals surface area contributed by atoms with Gasteiger partial charge in [-0.3, -0.25) is 4.79 Å². The molecule has 0 amide bonds. The van der Waals surface area contributed by atoms with E-state index in [1.165, 1.54) is 6.08 Å². The largest absolute Gasteiger partial charge is 0.431 e. The number of esters is 1. The highest BCUT2D eigenvalue weighted by Gasteiger charge is 2.31. The minimum Gasteiger partial charge on any atom is -0.431 e. The van der Waals surface area contributed by atoms with E-state index in [-0.39, 0.29) is 18.8 Å². The smallest absolute Gasteiger partial charge is 0.310 e. The number of nitrogens with zero attached hydrogens (tertiary/aromatic N) is 2. The highest BCUT2D eigenvalue weighted by molar-refractivity contribution is 5.70. The van der Waals surface area contributed by atoms with Crippen LogP contribution in [0.3, 0.4) is 0 Å². The van der Waals surface area contributed by atoms with Crippen LogP contribution in [0.15, 0.2) is 24.0 Å². The van der Waals surface area contributed by atoms with Crippen molar-refractivity contribution in [3.8, 4) is 12.1 Å².